The molecule has 3 aromatic carbocycles. The van der Waals surface area contributed by atoms with Crippen molar-refractivity contribution in [2.45, 2.75) is 45.3 Å². The standard InChI is InChI=1S/C31H34N2O6/c1-4-6-19-38-25-17-12-21(20-26(25)36-3)28-27-29(39-33(28)23-10-8-7-9-11-23)31(35)32(30(27)34)22-13-15-24(16-14-22)37-18-5-2/h7-17,20,27-29H,4-6,18-19H2,1-3H3/t27-,28+,29+/m1/s1. The van der Waals surface area contributed by atoms with Crippen molar-refractivity contribution >= 4 is 23.2 Å². The molecule has 0 aliphatic carbocycles. The molecule has 0 bridgehead atoms. The highest BCUT2D eigenvalue weighted by Crippen LogP contribution is 2.48. The molecule has 2 amide bonds. The Balaban J connectivity index is 1.49. The van der Waals surface area contributed by atoms with Gasteiger partial charge in [0.25, 0.3) is 5.91 Å². The number of methoxy groups -OCH3 is 1. The van der Waals surface area contributed by atoms with Crippen LogP contribution in [-0.4, -0.2) is 38.2 Å². The van der Waals surface area contributed by atoms with Gasteiger partial charge in [0, 0.05) is 0 Å². The Morgan fingerprint density at radius 2 is 1.56 bits per heavy atom. The first kappa shape index (κ1) is 26.6. The minimum absolute atomic E-state index is 0.308. The van der Waals surface area contributed by atoms with E-state index >= 15 is 0 Å². The lowest BCUT2D eigenvalue weighted by atomic mass is 9.90. The molecule has 3 aromatic rings. The molecule has 0 N–H and O–H groups in total. The summed E-state index contributed by atoms with van der Waals surface area (Å²) >= 11 is 0. The molecule has 8 nitrogen and oxygen atoms in total. The van der Waals surface area contributed by atoms with Crippen LogP contribution in [0.25, 0.3) is 0 Å². The topological polar surface area (TPSA) is 77.5 Å². The Labute approximate surface area is 229 Å². The predicted molar refractivity (Wildman–Crippen MR) is 148 cm³/mol. The summed E-state index contributed by atoms with van der Waals surface area (Å²) in [6.07, 6.45) is 1.90. The lowest BCUT2D eigenvalue weighted by Crippen LogP contribution is -2.37. The quantitative estimate of drug-likeness (QED) is 0.232. The highest BCUT2D eigenvalue weighted by Gasteiger charge is 2.60. The number of carbonyl (C=O) groups excluding carboxylic acids is 2. The van der Waals surface area contributed by atoms with Gasteiger partial charge in [-0.15, -0.1) is 0 Å². The summed E-state index contributed by atoms with van der Waals surface area (Å²) in [5.41, 5.74) is 2.04. The van der Waals surface area contributed by atoms with Gasteiger partial charge in [-0.2, -0.15) is 0 Å². The van der Waals surface area contributed by atoms with Crippen LogP contribution in [0.4, 0.5) is 11.4 Å². The van der Waals surface area contributed by atoms with Crippen molar-refractivity contribution in [2.75, 3.05) is 30.3 Å². The molecule has 3 atom stereocenters. The highest BCUT2D eigenvalue weighted by atomic mass is 16.7. The van der Waals surface area contributed by atoms with Gasteiger partial charge in [0.2, 0.25) is 5.91 Å². The zero-order chi connectivity index (χ0) is 27.4. The van der Waals surface area contributed by atoms with E-state index < -0.39 is 18.1 Å². The molecule has 2 fully saturated rings. The molecule has 2 aliphatic heterocycles. The molecule has 0 unspecified atom stereocenters. The summed E-state index contributed by atoms with van der Waals surface area (Å²) in [4.78, 5) is 35.0. The molecule has 8 heteroatoms. The van der Waals surface area contributed by atoms with E-state index in [9.17, 15) is 9.59 Å². The van der Waals surface area contributed by atoms with E-state index in [1.54, 1.807) is 36.4 Å². The second-order valence-corrected chi connectivity index (χ2v) is 9.62. The number of ether oxygens (including phenoxy) is 3. The number of anilines is 2. The van der Waals surface area contributed by atoms with Crippen LogP contribution in [0, 0.1) is 5.92 Å². The molecule has 2 aliphatic rings. The van der Waals surface area contributed by atoms with Crippen molar-refractivity contribution in [3.8, 4) is 17.2 Å². The fourth-order valence-corrected chi connectivity index (χ4v) is 5.03. The van der Waals surface area contributed by atoms with Crippen LogP contribution in [0.5, 0.6) is 17.2 Å². The van der Waals surface area contributed by atoms with Crippen molar-refractivity contribution in [1.82, 2.24) is 0 Å². The first-order valence-corrected chi connectivity index (χ1v) is 13.5. The monoisotopic (exact) mass is 530 g/mol. The summed E-state index contributed by atoms with van der Waals surface area (Å²) in [5, 5.41) is 1.68. The van der Waals surface area contributed by atoms with Crippen LogP contribution in [0.15, 0.2) is 72.8 Å². The lowest BCUT2D eigenvalue weighted by molar-refractivity contribution is -0.126. The molecular weight excluding hydrogens is 496 g/mol. The van der Waals surface area contributed by atoms with Crippen molar-refractivity contribution in [2.24, 2.45) is 5.92 Å². The van der Waals surface area contributed by atoms with Crippen LogP contribution < -0.4 is 24.2 Å². The zero-order valence-electron chi connectivity index (χ0n) is 22.5. The van der Waals surface area contributed by atoms with Crippen molar-refractivity contribution < 1.29 is 28.6 Å². The number of unbranched alkanes of at least 4 members (excludes halogenated alkanes) is 1. The second kappa shape index (κ2) is 11.8. The van der Waals surface area contributed by atoms with E-state index in [2.05, 4.69) is 6.92 Å². The Kier molecular flexibility index (Phi) is 8.02. The Morgan fingerprint density at radius 1 is 0.795 bits per heavy atom. The predicted octanol–water partition coefficient (Wildman–Crippen LogP) is 5.71. The number of hydrogen-bond donors (Lipinski definition) is 0. The first-order chi connectivity index (χ1) is 19.1. The van der Waals surface area contributed by atoms with Gasteiger partial charge in [-0.25, -0.2) is 9.96 Å². The van der Waals surface area contributed by atoms with E-state index in [-0.39, 0.29) is 11.8 Å². The van der Waals surface area contributed by atoms with Crippen LogP contribution in [-0.2, 0) is 14.4 Å². The molecular formula is C31H34N2O6. The SMILES string of the molecule is CCCCOc1ccc([C@H]2[C@H]3C(=O)N(c4ccc(OCCC)cc4)C(=O)[C@H]3ON2c2ccccc2)cc1OC. The lowest BCUT2D eigenvalue weighted by Gasteiger charge is -2.29. The number of imide groups is 1. The molecule has 0 saturated carbocycles. The number of fused-ring (bicyclic) bond motifs is 1. The number of benzene rings is 3. The van der Waals surface area contributed by atoms with Crippen LogP contribution >= 0.6 is 0 Å². The first-order valence-electron chi connectivity index (χ1n) is 13.5. The van der Waals surface area contributed by atoms with E-state index in [0.29, 0.717) is 36.1 Å². The molecule has 0 spiro atoms. The summed E-state index contributed by atoms with van der Waals surface area (Å²) < 4.78 is 17.2. The Hall–Kier alpha value is -4.04. The third kappa shape index (κ3) is 5.16. The molecule has 0 aromatic heterocycles. The van der Waals surface area contributed by atoms with E-state index in [0.717, 1.165) is 30.5 Å². The highest BCUT2D eigenvalue weighted by molar-refractivity contribution is 6.23. The van der Waals surface area contributed by atoms with Crippen molar-refractivity contribution in [3.05, 3.63) is 78.4 Å². The van der Waals surface area contributed by atoms with E-state index in [1.165, 1.54) is 4.90 Å². The van der Waals surface area contributed by atoms with Gasteiger partial charge in [0.15, 0.2) is 17.6 Å². The van der Waals surface area contributed by atoms with Gasteiger partial charge in [0.1, 0.15) is 11.7 Å². The van der Waals surface area contributed by atoms with E-state index in [1.807, 2.05) is 55.5 Å². The maximum absolute atomic E-state index is 13.9. The smallest absolute Gasteiger partial charge is 0.266 e. The van der Waals surface area contributed by atoms with Gasteiger partial charge in [-0.3, -0.25) is 14.4 Å². The zero-order valence-corrected chi connectivity index (χ0v) is 22.5. The summed E-state index contributed by atoms with van der Waals surface area (Å²) in [6, 6.07) is 21.6. The number of rotatable bonds is 11. The van der Waals surface area contributed by atoms with Gasteiger partial charge in [-0.1, -0.05) is 44.5 Å². The maximum Gasteiger partial charge on any atom is 0.266 e. The Morgan fingerprint density at radius 3 is 2.26 bits per heavy atom. The molecule has 2 heterocycles. The maximum atomic E-state index is 13.9. The molecule has 0 radical (unpaired) electrons. The number of amides is 2. The van der Waals surface area contributed by atoms with Gasteiger partial charge in [-0.05, 0) is 66.9 Å². The summed E-state index contributed by atoms with van der Waals surface area (Å²) in [5.74, 6) is 0.455. The van der Waals surface area contributed by atoms with E-state index in [4.69, 9.17) is 19.0 Å². The second-order valence-electron chi connectivity index (χ2n) is 9.62. The molecule has 2 saturated heterocycles. The fourth-order valence-electron chi connectivity index (χ4n) is 5.03. The minimum atomic E-state index is -0.954. The van der Waals surface area contributed by atoms with Crippen molar-refractivity contribution in [1.29, 1.82) is 0 Å². The normalized spacial score (nSPS) is 20.3. The largest absolute Gasteiger partial charge is 0.494 e. The Bertz CT molecular complexity index is 1300. The average molecular weight is 531 g/mol. The number of nitrogens with zero attached hydrogens (tertiary/aromatic N) is 2. The van der Waals surface area contributed by atoms with Gasteiger partial charge < -0.3 is 14.2 Å². The minimum Gasteiger partial charge on any atom is -0.494 e. The third-order valence-electron chi connectivity index (χ3n) is 6.98. The summed E-state index contributed by atoms with van der Waals surface area (Å²) in [7, 11) is 1.59. The van der Waals surface area contributed by atoms with Crippen LogP contribution in [0.1, 0.15) is 44.7 Å². The summed E-state index contributed by atoms with van der Waals surface area (Å²) in [6.45, 7) is 5.33. The van der Waals surface area contributed by atoms with Crippen LogP contribution in [0.2, 0.25) is 0 Å². The fraction of sp³-hybridized carbons (Fsp3) is 0.355. The molecule has 5 rings (SSSR count). The number of hydroxylamine groups is 1. The number of carbonyl (C=O) groups is 2. The van der Waals surface area contributed by atoms with Crippen molar-refractivity contribution in [3.63, 3.8) is 0 Å². The molecule has 204 valence electrons. The average Bonchev–Trinajstić information content (AvgIpc) is 3.48. The molecule has 39 heavy (non-hydrogen) atoms. The van der Waals surface area contributed by atoms with Gasteiger partial charge >= 0.3 is 0 Å². The van der Waals surface area contributed by atoms with Gasteiger partial charge in [0.05, 0.1) is 37.7 Å². The number of para-hydroxylation sites is 1. The number of hydrogen-bond acceptors (Lipinski definition) is 7. The van der Waals surface area contributed by atoms with Crippen LogP contribution in [0.3, 0.4) is 0 Å². The third-order valence-corrected chi connectivity index (χ3v) is 6.98.